The zero-order valence-electron chi connectivity index (χ0n) is 17.7. The fraction of sp³-hybridized carbons (Fsp3) is 0.375. The van der Waals surface area contributed by atoms with Gasteiger partial charge in [0.25, 0.3) is 5.91 Å². The maximum atomic E-state index is 13.2. The molecule has 162 valence electrons. The van der Waals surface area contributed by atoms with Gasteiger partial charge in [-0.3, -0.25) is 19.4 Å². The summed E-state index contributed by atoms with van der Waals surface area (Å²) < 4.78 is 13.2. The van der Waals surface area contributed by atoms with Crippen molar-refractivity contribution in [1.29, 1.82) is 0 Å². The van der Waals surface area contributed by atoms with E-state index in [1.807, 2.05) is 13.0 Å². The second kappa shape index (κ2) is 8.49. The van der Waals surface area contributed by atoms with Crippen LogP contribution in [0.2, 0.25) is 0 Å². The van der Waals surface area contributed by atoms with Crippen LogP contribution in [0.25, 0.3) is 0 Å². The number of carbonyl (C=O) groups is 3. The molecule has 31 heavy (non-hydrogen) atoms. The number of nitrogens with one attached hydrogen (secondary N) is 1. The maximum absolute atomic E-state index is 13.2. The number of nitrogens with zero attached hydrogens (tertiary/aromatic N) is 2. The van der Waals surface area contributed by atoms with Gasteiger partial charge in [0.05, 0.1) is 6.04 Å². The molecule has 1 aliphatic carbocycles. The van der Waals surface area contributed by atoms with Crippen LogP contribution in [-0.2, 0) is 22.4 Å². The van der Waals surface area contributed by atoms with E-state index < -0.39 is 29.7 Å². The minimum absolute atomic E-state index is 0.238. The molecule has 4 rings (SSSR count). The van der Waals surface area contributed by atoms with E-state index in [2.05, 4.69) is 17.4 Å². The number of hydrogen-bond acceptors (Lipinski definition) is 3. The quantitative estimate of drug-likeness (QED) is 0.745. The Balaban J connectivity index is 1.42. The predicted octanol–water partition coefficient (Wildman–Crippen LogP) is 3.74. The van der Waals surface area contributed by atoms with E-state index in [9.17, 15) is 18.8 Å². The van der Waals surface area contributed by atoms with Crippen molar-refractivity contribution in [3.8, 4) is 0 Å². The lowest BCUT2D eigenvalue weighted by molar-refractivity contribution is -0.132. The van der Waals surface area contributed by atoms with Crippen molar-refractivity contribution in [2.75, 3.05) is 11.4 Å². The van der Waals surface area contributed by atoms with Crippen LogP contribution >= 0.6 is 0 Å². The number of urea groups is 1. The summed E-state index contributed by atoms with van der Waals surface area (Å²) in [6.45, 7) is 3.13. The number of fused-ring (bicyclic) bond motifs is 1. The molecular formula is C24H26FN3O3. The van der Waals surface area contributed by atoms with Gasteiger partial charge < -0.3 is 5.32 Å². The maximum Gasteiger partial charge on any atom is 0.332 e. The average Bonchev–Trinajstić information content (AvgIpc) is 2.97. The summed E-state index contributed by atoms with van der Waals surface area (Å²) in [5.74, 6) is -1.28. The second-order valence-electron chi connectivity index (χ2n) is 8.25. The minimum atomic E-state index is -0.760. The summed E-state index contributed by atoms with van der Waals surface area (Å²) >= 11 is 0. The Morgan fingerprint density at radius 3 is 2.48 bits per heavy atom. The molecule has 2 aromatic rings. The van der Waals surface area contributed by atoms with Crippen molar-refractivity contribution in [2.24, 2.45) is 0 Å². The number of rotatable bonds is 5. The average molecular weight is 423 g/mol. The molecule has 7 heteroatoms. The lowest BCUT2D eigenvalue weighted by Gasteiger charge is -2.21. The van der Waals surface area contributed by atoms with Gasteiger partial charge >= 0.3 is 6.03 Å². The van der Waals surface area contributed by atoms with Gasteiger partial charge in [0, 0.05) is 5.69 Å². The third-order valence-corrected chi connectivity index (χ3v) is 6.10. The van der Waals surface area contributed by atoms with Gasteiger partial charge in [-0.2, -0.15) is 0 Å². The molecule has 1 N–H and O–H groups in total. The normalized spacial score (nSPS) is 19.4. The van der Waals surface area contributed by atoms with E-state index in [0.717, 1.165) is 23.3 Å². The van der Waals surface area contributed by atoms with Crippen molar-refractivity contribution in [3.05, 3.63) is 65.0 Å². The Bertz CT molecular complexity index is 1020. The van der Waals surface area contributed by atoms with Crippen molar-refractivity contribution >= 4 is 23.5 Å². The van der Waals surface area contributed by atoms with Crippen molar-refractivity contribution in [1.82, 2.24) is 10.2 Å². The number of carbonyl (C=O) groups excluding carboxylic acids is 3. The highest BCUT2D eigenvalue weighted by atomic mass is 19.1. The van der Waals surface area contributed by atoms with E-state index in [-0.39, 0.29) is 12.6 Å². The van der Waals surface area contributed by atoms with Gasteiger partial charge in [0.2, 0.25) is 5.91 Å². The van der Waals surface area contributed by atoms with E-state index >= 15 is 0 Å². The number of halogens is 1. The van der Waals surface area contributed by atoms with Gasteiger partial charge in [-0.1, -0.05) is 18.2 Å². The largest absolute Gasteiger partial charge is 0.348 e. The summed E-state index contributed by atoms with van der Waals surface area (Å²) in [6.07, 6.45) is 4.54. The van der Waals surface area contributed by atoms with Crippen molar-refractivity contribution in [3.63, 3.8) is 0 Å². The van der Waals surface area contributed by atoms with Gasteiger partial charge in [0.1, 0.15) is 18.4 Å². The number of aryl methyl sites for hydroxylation is 2. The molecule has 4 amide bonds. The molecule has 1 saturated heterocycles. The van der Waals surface area contributed by atoms with Crippen LogP contribution in [0.3, 0.4) is 0 Å². The van der Waals surface area contributed by atoms with E-state index in [1.165, 1.54) is 53.1 Å². The van der Waals surface area contributed by atoms with Crippen LogP contribution in [0.4, 0.5) is 14.9 Å². The Hall–Kier alpha value is -3.22. The molecule has 6 nitrogen and oxygen atoms in total. The standard InChI is InChI=1S/C24H26FN3O3/c1-15(18-8-7-17-5-3-4-6-19(17)13-18)26-22(29)14-27-23(30)16(2)28(24(27)31)21-11-9-20(25)10-12-21/h7-13,15-16H,3-6,14H2,1-2H3,(H,26,29). The predicted molar refractivity (Wildman–Crippen MR) is 115 cm³/mol. The number of hydrogen-bond donors (Lipinski definition) is 1. The Labute approximate surface area is 181 Å². The summed E-state index contributed by atoms with van der Waals surface area (Å²) in [4.78, 5) is 40.3. The van der Waals surface area contributed by atoms with Crippen LogP contribution in [0, 0.1) is 5.82 Å². The van der Waals surface area contributed by atoms with Crippen molar-refractivity contribution in [2.45, 2.75) is 51.6 Å². The van der Waals surface area contributed by atoms with E-state index in [0.29, 0.717) is 5.69 Å². The molecule has 1 aliphatic heterocycles. The fourth-order valence-electron chi connectivity index (χ4n) is 4.34. The first-order valence-corrected chi connectivity index (χ1v) is 10.7. The lowest BCUT2D eigenvalue weighted by Crippen LogP contribution is -2.42. The van der Waals surface area contributed by atoms with Crippen LogP contribution in [0.15, 0.2) is 42.5 Å². The van der Waals surface area contributed by atoms with Gasteiger partial charge in [-0.05, 0) is 80.5 Å². The van der Waals surface area contributed by atoms with E-state index in [4.69, 9.17) is 0 Å². The fourth-order valence-corrected chi connectivity index (χ4v) is 4.34. The lowest BCUT2D eigenvalue weighted by atomic mass is 9.89. The molecule has 2 aromatic carbocycles. The number of imide groups is 1. The van der Waals surface area contributed by atoms with Crippen LogP contribution in [-0.4, -0.2) is 35.3 Å². The number of benzene rings is 2. The first-order chi connectivity index (χ1) is 14.8. The van der Waals surface area contributed by atoms with E-state index in [1.54, 1.807) is 6.92 Å². The van der Waals surface area contributed by atoms with Crippen LogP contribution < -0.4 is 10.2 Å². The molecule has 0 aromatic heterocycles. The van der Waals surface area contributed by atoms with Crippen LogP contribution in [0.1, 0.15) is 49.4 Å². The number of anilines is 1. The monoisotopic (exact) mass is 423 g/mol. The van der Waals surface area contributed by atoms with Gasteiger partial charge in [-0.15, -0.1) is 0 Å². The smallest absolute Gasteiger partial charge is 0.332 e. The molecule has 1 heterocycles. The zero-order valence-corrected chi connectivity index (χ0v) is 17.7. The van der Waals surface area contributed by atoms with Gasteiger partial charge in [-0.25, -0.2) is 9.18 Å². The highest BCUT2D eigenvalue weighted by molar-refractivity contribution is 6.15. The molecule has 2 aliphatic rings. The Kier molecular flexibility index (Phi) is 5.76. The first kappa shape index (κ1) is 21.0. The van der Waals surface area contributed by atoms with Gasteiger partial charge in [0.15, 0.2) is 0 Å². The summed E-state index contributed by atoms with van der Waals surface area (Å²) in [7, 11) is 0. The SMILES string of the molecule is CC(NC(=O)CN1C(=O)C(C)N(c2ccc(F)cc2)C1=O)c1ccc2c(c1)CCCC2. The summed E-state index contributed by atoms with van der Waals surface area (Å²) in [6, 6.07) is 10.1. The molecule has 0 bridgehead atoms. The van der Waals surface area contributed by atoms with Crippen molar-refractivity contribution < 1.29 is 18.8 Å². The van der Waals surface area contributed by atoms with Crippen LogP contribution in [0.5, 0.6) is 0 Å². The Morgan fingerprint density at radius 2 is 1.77 bits per heavy atom. The first-order valence-electron chi connectivity index (χ1n) is 10.7. The zero-order chi connectivity index (χ0) is 22.1. The molecular weight excluding hydrogens is 397 g/mol. The Morgan fingerprint density at radius 1 is 1.10 bits per heavy atom. The summed E-state index contributed by atoms with van der Waals surface area (Å²) in [5, 5.41) is 2.89. The molecule has 0 saturated carbocycles. The third kappa shape index (κ3) is 4.17. The third-order valence-electron chi connectivity index (χ3n) is 6.10. The molecule has 0 spiro atoms. The molecule has 2 unspecified atom stereocenters. The summed E-state index contributed by atoms with van der Waals surface area (Å²) in [5.41, 5.74) is 4.13. The second-order valence-corrected chi connectivity index (χ2v) is 8.25. The highest BCUT2D eigenvalue weighted by Crippen LogP contribution is 2.27. The minimum Gasteiger partial charge on any atom is -0.348 e. The topological polar surface area (TPSA) is 69.7 Å². The number of amides is 4. The molecule has 2 atom stereocenters. The molecule has 0 radical (unpaired) electrons. The highest BCUT2D eigenvalue weighted by Gasteiger charge is 2.44. The molecule has 1 fully saturated rings.